The molecule has 1 nitrogen and oxygen atoms in total. The van der Waals surface area contributed by atoms with Crippen molar-refractivity contribution >= 4 is 23.1 Å². The van der Waals surface area contributed by atoms with Crippen LogP contribution in [-0.2, 0) is 0 Å². The summed E-state index contributed by atoms with van der Waals surface area (Å²) in [7, 11) is 1.65. The first-order chi connectivity index (χ1) is 6.90. The molecular formula is C13H11BrMgO. The smallest absolute Gasteiger partial charge is 1.00 e. The molecule has 0 bridgehead atoms. The number of hydrogen-bond acceptors (Lipinski definition) is 1. The zero-order valence-electron chi connectivity index (χ0n) is 9.11. The van der Waals surface area contributed by atoms with E-state index >= 15 is 0 Å². The summed E-state index contributed by atoms with van der Waals surface area (Å²) in [6, 6.07) is 19.2. The summed E-state index contributed by atoms with van der Waals surface area (Å²) in [5.41, 5.74) is 2.36. The number of methoxy groups -OCH3 is 1. The summed E-state index contributed by atoms with van der Waals surface area (Å²) in [4.78, 5) is 0. The number of halogens is 1. The van der Waals surface area contributed by atoms with Gasteiger partial charge in [0.05, 0.1) is 7.11 Å². The molecule has 16 heavy (non-hydrogen) atoms. The van der Waals surface area contributed by atoms with Crippen molar-refractivity contribution in [2.24, 2.45) is 0 Å². The number of benzene rings is 2. The molecule has 0 saturated heterocycles. The van der Waals surface area contributed by atoms with Crippen molar-refractivity contribution in [3.05, 3.63) is 54.6 Å². The van der Waals surface area contributed by atoms with Gasteiger partial charge in [-0.15, -0.1) is 17.7 Å². The first-order valence-corrected chi connectivity index (χ1v) is 4.51. The van der Waals surface area contributed by atoms with E-state index in [0.717, 1.165) is 11.3 Å². The SMILES string of the molecule is COc1[c-]cc(-c2ccccc2)cc1.[Br-].[Mg+2]. The van der Waals surface area contributed by atoms with Gasteiger partial charge in [0.15, 0.2) is 0 Å². The third kappa shape index (κ3) is 3.81. The summed E-state index contributed by atoms with van der Waals surface area (Å²) in [6.45, 7) is 0. The average molecular weight is 287 g/mol. The van der Waals surface area contributed by atoms with E-state index in [9.17, 15) is 0 Å². The van der Waals surface area contributed by atoms with E-state index in [1.165, 1.54) is 5.56 Å². The van der Waals surface area contributed by atoms with E-state index in [1.807, 2.05) is 36.4 Å². The molecule has 78 valence electrons. The monoisotopic (exact) mass is 286 g/mol. The van der Waals surface area contributed by atoms with Gasteiger partial charge in [0, 0.05) is 5.75 Å². The number of rotatable bonds is 2. The maximum atomic E-state index is 5.05. The standard InChI is InChI=1S/C13H11O.BrH.Mg/c1-14-13-9-7-12(8-10-13)11-5-3-2-4-6-11;;/h2-9H,1H3;1H;/q-1;;+2/p-1. The van der Waals surface area contributed by atoms with Crippen LogP contribution in [0.15, 0.2) is 48.5 Å². The topological polar surface area (TPSA) is 9.23 Å². The second-order valence-electron chi connectivity index (χ2n) is 3.01. The molecule has 0 aliphatic carbocycles. The van der Waals surface area contributed by atoms with Gasteiger partial charge in [-0.1, -0.05) is 35.9 Å². The van der Waals surface area contributed by atoms with Crippen LogP contribution >= 0.6 is 0 Å². The molecule has 0 aliphatic heterocycles. The second-order valence-corrected chi connectivity index (χ2v) is 3.01. The fourth-order valence-corrected chi connectivity index (χ4v) is 1.35. The summed E-state index contributed by atoms with van der Waals surface area (Å²) in [5, 5.41) is 0. The van der Waals surface area contributed by atoms with E-state index in [1.54, 1.807) is 7.11 Å². The van der Waals surface area contributed by atoms with Gasteiger partial charge in [0.25, 0.3) is 0 Å². The van der Waals surface area contributed by atoms with E-state index in [4.69, 9.17) is 4.74 Å². The summed E-state index contributed by atoms with van der Waals surface area (Å²) in [6.07, 6.45) is 0. The molecule has 0 unspecified atom stereocenters. The minimum Gasteiger partial charge on any atom is -1.00 e. The third-order valence-electron chi connectivity index (χ3n) is 2.11. The Balaban J connectivity index is 0.00000112. The van der Waals surface area contributed by atoms with Crippen LogP contribution in [0.3, 0.4) is 0 Å². The number of hydrogen-bond donors (Lipinski definition) is 0. The molecule has 3 heteroatoms. The molecule has 2 aromatic rings. The first kappa shape index (κ1) is 15.5. The fourth-order valence-electron chi connectivity index (χ4n) is 1.35. The molecular weight excluding hydrogens is 276 g/mol. The minimum absolute atomic E-state index is 0. The van der Waals surface area contributed by atoms with E-state index in [2.05, 4.69) is 18.2 Å². The van der Waals surface area contributed by atoms with Crippen molar-refractivity contribution in [3.8, 4) is 16.9 Å². The zero-order chi connectivity index (χ0) is 9.80. The normalized spacial score (nSPS) is 8.56. The van der Waals surface area contributed by atoms with Crippen molar-refractivity contribution in [2.45, 2.75) is 0 Å². The van der Waals surface area contributed by atoms with Crippen molar-refractivity contribution in [2.75, 3.05) is 7.11 Å². The molecule has 0 spiro atoms. The summed E-state index contributed by atoms with van der Waals surface area (Å²) >= 11 is 0. The molecule has 0 atom stereocenters. The Hall–Kier alpha value is -0.514. The average Bonchev–Trinajstić information content (AvgIpc) is 2.30. The van der Waals surface area contributed by atoms with Crippen LogP contribution in [-0.4, -0.2) is 30.2 Å². The maximum Gasteiger partial charge on any atom is 2.00 e. The number of ether oxygens (including phenoxy) is 1. The predicted molar refractivity (Wildman–Crippen MR) is 63.0 cm³/mol. The Kier molecular flexibility index (Phi) is 7.46. The Morgan fingerprint density at radius 2 is 1.62 bits per heavy atom. The van der Waals surface area contributed by atoms with Gasteiger partial charge in [-0.05, 0) is 0 Å². The predicted octanol–water partition coefficient (Wildman–Crippen LogP) is -0.214. The van der Waals surface area contributed by atoms with Gasteiger partial charge in [0.2, 0.25) is 0 Å². The molecule has 0 aliphatic rings. The van der Waals surface area contributed by atoms with Crippen LogP contribution in [0.1, 0.15) is 0 Å². The molecule has 0 saturated carbocycles. The zero-order valence-corrected chi connectivity index (χ0v) is 12.1. The Morgan fingerprint density at radius 1 is 0.938 bits per heavy atom. The molecule has 2 aromatic carbocycles. The van der Waals surface area contributed by atoms with Crippen molar-refractivity contribution in [1.82, 2.24) is 0 Å². The van der Waals surface area contributed by atoms with Crippen molar-refractivity contribution in [3.63, 3.8) is 0 Å². The molecule has 0 amide bonds. The van der Waals surface area contributed by atoms with Crippen molar-refractivity contribution < 1.29 is 21.7 Å². The molecule has 2 rings (SSSR count). The van der Waals surface area contributed by atoms with Gasteiger partial charge < -0.3 is 21.7 Å². The molecule has 0 aromatic heterocycles. The molecule has 0 N–H and O–H groups in total. The van der Waals surface area contributed by atoms with Gasteiger partial charge in [-0.2, -0.15) is 12.1 Å². The van der Waals surface area contributed by atoms with Crippen LogP contribution in [0.5, 0.6) is 5.75 Å². The van der Waals surface area contributed by atoms with Crippen molar-refractivity contribution in [1.29, 1.82) is 0 Å². The fraction of sp³-hybridized carbons (Fsp3) is 0.0769. The van der Waals surface area contributed by atoms with Gasteiger partial charge >= 0.3 is 23.1 Å². The quantitative estimate of drug-likeness (QED) is 0.548. The maximum absolute atomic E-state index is 5.05. The molecule has 0 fully saturated rings. The van der Waals surface area contributed by atoms with Crippen LogP contribution < -0.4 is 21.7 Å². The minimum atomic E-state index is 0. The summed E-state index contributed by atoms with van der Waals surface area (Å²) < 4.78 is 5.05. The van der Waals surface area contributed by atoms with Gasteiger partial charge in [-0.25, -0.2) is 0 Å². The third-order valence-corrected chi connectivity index (χ3v) is 2.11. The van der Waals surface area contributed by atoms with E-state index in [0.29, 0.717) is 0 Å². The first-order valence-electron chi connectivity index (χ1n) is 4.51. The Morgan fingerprint density at radius 3 is 2.12 bits per heavy atom. The van der Waals surface area contributed by atoms with Crippen LogP contribution in [0.2, 0.25) is 0 Å². The van der Waals surface area contributed by atoms with Crippen LogP contribution in [0.25, 0.3) is 11.1 Å². The summed E-state index contributed by atoms with van der Waals surface area (Å²) in [5.74, 6) is 0.768. The Labute approximate surface area is 123 Å². The van der Waals surface area contributed by atoms with E-state index < -0.39 is 0 Å². The van der Waals surface area contributed by atoms with Crippen LogP contribution in [0.4, 0.5) is 0 Å². The second kappa shape index (κ2) is 7.71. The van der Waals surface area contributed by atoms with Gasteiger partial charge in [-0.3, -0.25) is 0 Å². The van der Waals surface area contributed by atoms with Crippen LogP contribution in [0, 0.1) is 6.07 Å². The molecule has 0 radical (unpaired) electrons. The largest absolute Gasteiger partial charge is 2.00 e. The van der Waals surface area contributed by atoms with Gasteiger partial charge in [0.1, 0.15) is 0 Å². The molecule has 0 heterocycles. The Bertz CT molecular complexity index is 400. The van der Waals surface area contributed by atoms with E-state index in [-0.39, 0.29) is 40.0 Å².